The van der Waals surface area contributed by atoms with Crippen molar-refractivity contribution in [3.05, 3.63) is 24.0 Å². The maximum Gasteiger partial charge on any atom is 0.125 e. The van der Waals surface area contributed by atoms with Crippen LogP contribution in [-0.2, 0) is 0 Å². The van der Waals surface area contributed by atoms with E-state index in [1.54, 1.807) is 6.07 Å². The van der Waals surface area contributed by atoms with Crippen molar-refractivity contribution in [2.75, 3.05) is 17.6 Å². The van der Waals surface area contributed by atoms with Gasteiger partial charge >= 0.3 is 0 Å². The van der Waals surface area contributed by atoms with Crippen molar-refractivity contribution in [1.82, 2.24) is 0 Å². The van der Waals surface area contributed by atoms with Crippen molar-refractivity contribution in [2.24, 2.45) is 17.8 Å². The minimum absolute atomic E-state index is 0.269. The molecule has 3 heteroatoms. The fourth-order valence-electron chi connectivity index (χ4n) is 2.69. The molecular formula is C14H19FN2. The van der Waals surface area contributed by atoms with Crippen LogP contribution in [0.4, 0.5) is 15.8 Å². The summed E-state index contributed by atoms with van der Waals surface area (Å²) in [5.41, 5.74) is 7.17. The molecule has 0 atom stereocenters. The van der Waals surface area contributed by atoms with E-state index in [-0.39, 0.29) is 5.82 Å². The number of rotatable bonds is 5. The molecule has 2 aliphatic rings. The van der Waals surface area contributed by atoms with Crippen molar-refractivity contribution in [3.8, 4) is 0 Å². The Labute approximate surface area is 101 Å². The van der Waals surface area contributed by atoms with Gasteiger partial charge in [0.15, 0.2) is 0 Å². The van der Waals surface area contributed by atoms with Crippen LogP contribution in [0.1, 0.15) is 25.7 Å². The van der Waals surface area contributed by atoms with E-state index < -0.39 is 0 Å². The van der Waals surface area contributed by atoms with E-state index >= 15 is 0 Å². The lowest BCUT2D eigenvalue weighted by molar-refractivity contribution is 0.428. The molecule has 0 heterocycles. The zero-order chi connectivity index (χ0) is 11.8. The molecule has 2 fully saturated rings. The Bertz CT molecular complexity index is 399. The minimum Gasteiger partial charge on any atom is -0.397 e. The third-order valence-electron chi connectivity index (χ3n) is 4.00. The topological polar surface area (TPSA) is 38.0 Å². The Balaban J connectivity index is 1.62. The number of hydrogen-bond donors (Lipinski definition) is 2. The average Bonchev–Trinajstić information content (AvgIpc) is 3.15. The molecule has 0 saturated heterocycles. The monoisotopic (exact) mass is 234 g/mol. The summed E-state index contributed by atoms with van der Waals surface area (Å²) in [4.78, 5) is 0. The summed E-state index contributed by atoms with van der Waals surface area (Å²) in [5, 5.41) is 3.39. The van der Waals surface area contributed by atoms with Crippen molar-refractivity contribution in [3.63, 3.8) is 0 Å². The predicted octanol–water partition coefficient (Wildman–Crippen LogP) is 3.26. The summed E-state index contributed by atoms with van der Waals surface area (Å²) in [5.74, 6) is 2.39. The number of halogens is 1. The van der Waals surface area contributed by atoms with Crippen LogP contribution in [0.2, 0.25) is 0 Å². The standard InChI is InChI=1S/C14H19FN2/c15-11-5-6-14(13(16)7-11)17-8-12(9-1-2-9)10-3-4-10/h5-7,9-10,12,17H,1-4,8,16H2. The van der Waals surface area contributed by atoms with Crippen molar-refractivity contribution in [2.45, 2.75) is 25.7 Å². The normalized spacial score (nSPS) is 19.6. The van der Waals surface area contributed by atoms with Gasteiger partial charge in [0.1, 0.15) is 5.82 Å². The smallest absolute Gasteiger partial charge is 0.125 e. The van der Waals surface area contributed by atoms with Gasteiger partial charge in [-0.25, -0.2) is 4.39 Å². The van der Waals surface area contributed by atoms with Crippen LogP contribution < -0.4 is 11.1 Å². The van der Waals surface area contributed by atoms with Gasteiger partial charge in [-0.1, -0.05) is 0 Å². The molecule has 0 spiro atoms. The number of nitrogen functional groups attached to an aromatic ring is 1. The van der Waals surface area contributed by atoms with Crippen molar-refractivity contribution in [1.29, 1.82) is 0 Å². The Hall–Kier alpha value is -1.25. The first kappa shape index (κ1) is 10.9. The molecule has 2 nitrogen and oxygen atoms in total. The lowest BCUT2D eigenvalue weighted by Crippen LogP contribution is -2.18. The van der Waals surface area contributed by atoms with Gasteiger partial charge < -0.3 is 11.1 Å². The molecule has 1 aromatic rings. The SMILES string of the molecule is Nc1cc(F)ccc1NCC(C1CC1)C1CC1. The molecule has 0 unspecified atom stereocenters. The zero-order valence-corrected chi connectivity index (χ0v) is 9.95. The first-order valence-electron chi connectivity index (χ1n) is 6.53. The summed E-state index contributed by atoms with van der Waals surface area (Å²) in [6.07, 6.45) is 5.56. The van der Waals surface area contributed by atoms with Crippen LogP contribution in [0, 0.1) is 23.6 Å². The molecule has 1 aromatic carbocycles. The molecule has 3 rings (SSSR count). The maximum absolute atomic E-state index is 12.9. The number of hydrogen-bond acceptors (Lipinski definition) is 2. The highest BCUT2D eigenvalue weighted by molar-refractivity contribution is 5.65. The summed E-state index contributed by atoms with van der Waals surface area (Å²) < 4.78 is 12.9. The van der Waals surface area contributed by atoms with Crippen LogP contribution in [0.5, 0.6) is 0 Å². The second-order valence-electron chi connectivity index (χ2n) is 5.45. The van der Waals surface area contributed by atoms with Gasteiger partial charge in [-0.2, -0.15) is 0 Å². The second-order valence-corrected chi connectivity index (χ2v) is 5.45. The van der Waals surface area contributed by atoms with Gasteiger partial charge in [0.05, 0.1) is 11.4 Å². The van der Waals surface area contributed by atoms with E-state index in [1.165, 1.54) is 37.8 Å². The first-order chi connectivity index (χ1) is 8.24. The molecule has 2 saturated carbocycles. The highest BCUT2D eigenvalue weighted by atomic mass is 19.1. The summed E-state index contributed by atoms with van der Waals surface area (Å²) in [6.45, 7) is 0.991. The fourth-order valence-corrected chi connectivity index (χ4v) is 2.69. The minimum atomic E-state index is -0.269. The molecule has 17 heavy (non-hydrogen) atoms. The van der Waals surface area contributed by atoms with Gasteiger partial charge in [0.25, 0.3) is 0 Å². The number of anilines is 2. The molecule has 0 aliphatic heterocycles. The lowest BCUT2D eigenvalue weighted by atomic mass is 9.98. The van der Waals surface area contributed by atoms with E-state index in [2.05, 4.69) is 5.32 Å². The van der Waals surface area contributed by atoms with E-state index in [0.717, 1.165) is 30.0 Å². The Kier molecular flexibility index (Phi) is 2.69. The highest BCUT2D eigenvalue weighted by Gasteiger charge is 2.40. The highest BCUT2D eigenvalue weighted by Crippen LogP contribution is 2.49. The number of nitrogens with two attached hydrogens (primary N) is 1. The molecule has 3 N–H and O–H groups in total. The average molecular weight is 234 g/mol. The van der Waals surface area contributed by atoms with Gasteiger partial charge in [0, 0.05) is 6.54 Å². The Morgan fingerprint density at radius 3 is 2.41 bits per heavy atom. The predicted molar refractivity (Wildman–Crippen MR) is 68.2 cm³/mol. The van der Waals surface area contributed by atoms with E-state index in [1.807, 2.05) is 0 Å². The van der Waals surface area contributed by atoms with Crippen molar-refractivity contribution >= 4 is 11.4 Å². The third kappa shape index (κ3) is 2.54. The van der Waals surface area contributed by atoms with Crippen LogP contribution in [0.15, 0.2) is 18.2 Å². The summed E-state index contributed by atoms with van der Waals surface area (Å²) in [7, 11) is 0. The fraction of sp³-hybridized carbons (Fsp3) is 0.571. The van der Waals surface area contributed by atoms with E-state index in [9.17, 15) is 4.39 Å². The van der Waals surface area contributed by atoms with Crippen molar-refractivity contribution < 1.29 is 4.39 Å². The van der Waals surface area contributed by atoms with Gasteiger partial charge in [-0.15, -0.1) is 0 Å². The molecule has 0 amide bonds. The van der Waals surface area contributed by atoms with Crippen LogP contribution in [0.3, 0.4) is 0 Å². The second kappa shape index (κ2) is 4.21. The Morgan fingerprint density at radius 2 is 1.88 bits per heavy atom. The van der Waals surface area contributed by atoms with Crippen LogP contribution >= 0.6 is 0 Å². The van der Waals surface area contributed by atoms with Gasteiger partial charge in [-0.3, -0.25) is 0 Å². The summed E-state index contributed by atoms with van der Waals surface area (Å²) in [6, 6.07) is 4.58. The Morgan fingerprint density at radius 1 is 1.24 bits per heavy atom. The number of nitrogens with one attached hydrogen (secondary N) is 1. The molecule has 0 aromatic heterocycles. The lowest BCUT2D eigenvalue weighted by Gasteiger charge is -2.18. The zero-order valence-electron chi connectivity index (χ0n) is 9.95. The summed E-state index contributed by atoms with van der Waals surface area (Å²) >= 11 is 0. The van der Waals surface area contributed by atoms with E-state index in [4.69, 9.17) is 5.73 Å². The molecule has 0 bridgehead atoms. The first-order valence-corrected chi connectivity index (χ1v) is 6.53. The van der Waals surface area contributed by atoms with Crippen LogP contribution in [0.25, 0.3) is 0 Å². The maximum atomic E-state index is 12.9. The van der Waals surface area contributed by atoms with Gasteiger partial charge in [-0.05, 0) is 61.6 Å². The quantitative estimate of drug-likeness (QED) is 0.767. The van der Waals surface area contributed by atoms with Crippen LogP contribution in [-0.4, -0.2) is 6.54 Å². The van der Waals surface area contributed by atoms with E-state index in [0.29, 0.717) is 5.69 Å². The van der Waals surface area contributed by atoms with Gasteiger partial charge in [0.2, 0.25) is 0 Å². The molecular weight excluding hydrogens is 215 g/mol. The largest absolute Gasteiger partial charge is 0.397 e. The number of benzene rings is 1. The molecule has 92 valence electrons. The molecule has 0 radical (unpaired) electrons. The molecule has 2 aliphatic carbocycles. The third-order valence-corrected chi connectivity index (χ3v) is 4.00.